The lowest BCUT2D eigenvalue weighted by Crippen LogP contribution is -2.24. The first-order chi connectivity index (χ1) is 18.3. The summed E-state index contributed by atoms with van der Waals surface area (Å²) in [5, 5.41) is 25.2. The maximum absolute atomic E-state index is 12.0. The maximum atomic E-state index is 12.0. The van der Waals surface area contributed by atoms with Gasteiger partial charge in [-0.15, -0.1) is 0 Å². The number of benzene rings is 1. The van der Waals surface area contributed by atoms with Gasteiger partial charge in [0.25, 0.3) is 5.69 Å². The number of non-ortho nitro benzene ring substituents is 1. The van der Waals surface area contributed by atoms with Crippen molar-refractivity contribution in [2.75, 3.05) is 18.4 Å². The number of nitro groups is 1. The molecule has 0 saturated carbocycles. The molecule has 212 valence electrons. The van der Waals surface area contributed by atoms with Crippen LogP contribution in [0.3, 0.4) is 0 Å². The van der Waals surface area contributed by atoms with Gasteiger partial charge in [0.05, 0.1) is 11.5 Å². The summed E-state index contributed by atoms with van der Waals surface area (Å²) in [6, 6.07) is 6.06. The van der Waals surface area contributed by atoms with Gasteiger partial charge in [0.15, 0.2) is 5.78 Å². The summed E-state index contributed by atoms with van der Waals surface area (Å²) in [7, 11) is 0. The predicted octanol–water partition coefficient (Wildman–Crippen LogP) is 5.59. The van der Waals surface area contributed by atoms with E-state index in [9.17, 15) is 29.3 Å². The molecule has 0 heterocycles. The highest BCUT2D eigenvalue weighted by Gasteiger charge is 2.08. The fraction of sp³-hybridized carbons (Fsp3) is 0.643. The largest absolute Gasteiger partial charge is 0.481 e. The van der Waals surface area contributed by atoms with Crippen LogP contribution >= 0.6 is 0 Å². The molecular weight excluding hydrogens is 490 g/mol. The first-order valence-corrected chi connectivity index (χ1v) is 13.8. The third kappa shape index (κ3) is 18.0. The van der Waals surface area contributed by atoms with Crippen molar-refractivity contribution in [1.29, 1.82) is 0 Å². The van der Waals surface area contributed by atoms with E-state index in [2.05, 4.69) is 10.6 Å². The Morgan fingerprint density at radius 1 is 0.737 bits per heavy atom. The molecule has 0 saturated heterocycles. The highest BCUT2D eigenvalue weighted by Crippen LogP contribution is 2.17. The van der Waals surface area contributed by atoms with Crippen LogP contribution in [0.1, 0.15) is 103 Å². The van der Waals surface area contributed by atoms with Gasteiger partial charge in [-0.1, -0.05) is 38.2 Å². The fourth-order valence-corrected chi connectivity index (χ4v) is 4.00. The highest BCUT2D eigenvalue weighted by atomic mass is 16.6. The van der Waals surface area contributed by atoms with E-state index in [-0.39, 0.29) is 36.1 Å². The Labute approximate surface area is 225 Å². The van der Waals surface area contributed by atoms with Crippen LogP contribution in [0.25, 0.3) is 0 Å². The molecule has 1 rings (SSSR count). The molecule has 0 unspecified atom stereocenters. The zero-order valence-electron chi connectivity index (χ0n) is 22.4. The summed E-state index contributed by atoms with van der Waals surface area (Å²) in [6.07, 6.45) is 11.3. The number of carboxylic acid groups (broad SMARTS) is 1. The number of rotatable bonds is 24. The number of nitro benzene ring substituents is 1. The van der Waals surface area contributed by atoms with E-state index in [0.717, 1.165) is 64.2 Å². The normalized spacial score (nSPS) is 10.6. The average Bonchev–Trinajstić information content (AvgIpc) is 2.88. The van der Waals surface area contributed by atoms with E-state index in [1.165, 1.54) is 12.1 Å². The second-order valence-electron chi connectivity index (χ2n) is 9.62. The summed E-state index contributed by atoms with van der Waals surface area (Å²) in [5.41, 5.74) is 0.527. The monoisotopic (exact) mass is 533 g/mol. The van der Waals surface area contributed by atoms with Crippen molar-refractivity contribution >= 4 is 34.8 Å². The number of anilines is 1. The number of unbranched alkanes of at least 4 members (excludes halogenated alkanes) is 8. The number of amides is 1. The third-order valence-electron chi connectivity index (χ3n) is 6.21. The van der Waals surface area contributed by atoms with E-state index in [4.69, 9.17) is 5.11 Å². The van der Waals surface area contributed by atoms with Gasteiger partial charge in [0, 0.05) is 56.5 Å². The van der Waals surface area contributed by atoms with Crippen LogP contribution in [0.4, 0.5) is 11.4 Å². The second kappa shape index (κ2) is 20.7. The minimum Gasteiger partial charge on any atom is -0.481 e. The first-order valence-electron chi connectivity index (χ1n) is 13.8. The van der Waals surface area contributed by atoms with Crippen LogP contribution in [0.15, 0.2) is 24.3 Å². The van der Waals surface area contributed by atoms with Crippen LogP contribution < -0.4 is 10.6 Å². The summed E-state index contributed by atoms with van der Waals surface area (Å²) in [4.78, 5) is 56.6. The molecule has 3 N–H and O–H groups in total. The molecule has 0 radical (unpaired) electrons. The lowest BCUT2D eigenvalue weighted by molar-refractivity contribution is -0.384. The molecule has 1 aromatic rings. The Morgan fingerprint density at radius 3 is 1.89 bits per heavy atom. The Hall–Kier alpha value is -3.30. The Balaban J connectivity index is 1.91. The molecule has 0 bridgehead atoms. The average molecular weight is 534 g/mol. The molecular formula is C28H43N3O7. The van der Waals surface area contributed by atoms with Gasteiger partial charge in [0.2, 0.25) is 5.91 Å². The zero-order chi connectivity index (χ0) is 28.0. The third-order valence-corrected chi connectivity index (χ3v) is 6.21. The van der Waals surface area contributed by atoms with Crippen molar-refractivity contribution < 1.29 is 29.2 Å². The van der Waals surface area contributed by atoms with E-state index in [0.29, 0.717) is 44.3 Å². The van der Waals surface area contributed by atoms with Gasteiger partial charge in [0.1, 0.15) is 5.78 Å². The lowest BCUT2D eigenvalue weighted by Gasteiger charge is -2.06. The van der Waals surface area contributed by atoms with Crippen LogP contribution in [-0.4, -0.2) is 46.6 Å². The quantitative estimate of drug-likeness (QED) is 0.0882. The number of carboxylic acids is 1. The molecule has 1 aromatic carbocycles. The van der Waals surface area contributed by atoms with E-state index in [1.807, 2.05) is 0 Å². The van der Waals surface area contributed by atoms with Crippen molar-refractivity contribution in [3.8, 4) is 0 Å². The van der Waals surface area contributed by atoms with E-state index >= 15 is 0 Å². The predicted molar refractivity (Wildman–Crippen MR) is 146 cm³/mol. The number of carbonyl (C=O) groups is 4. The van der Waals surface area contributed by atoms with Crippen molar-refractivity contribution in [3.05, 3.63) is 34.4 Å². The Morgan fingerprint density at radius 2 is 1.29 bits per heavy atom. The number of hydrogen-bond donors (Lipinski definition) is 3. The minimum atomic E-state index is -0.772. The van der Waals surface area contributed by atoms with E-state index < -0.39 is 10.9 Å². The summed E-state index contributed by atoms with van der Waals surface area (Å²) in [5.74, 6) is -0.440. The molecule has 10 heteroatoms. The molecule has 0 aliphatic carbocycles. The smallest absolute Gasteiger partial charge is 0.303 e. The zero-order valence-corrected chi connectivity index (χ0v) is 22.4. The minimum absolute atomic E-state index is 0.0195. The summed E-state index contributed by atoms with van der Waals surface area (Å²) in [6.45, 7) is 0.747. The standard InChI is InChI=1S/C28H43N3O7/c32-25(15-6-2-4-10-19-28(35)36)16-8-5-11-20-29-27(34)18-9-3-1-7-17-26(33)22-30-23-13-12-14-24(21-23)31(37)38/h12-14,21,30H,1-11,15-20,22H2,(H,29,34)(H,35,36). The maximum Gasteiger partial charge on any atom is 0.303 e. The number of hydrogen-bond acceptors (Lipinski definition) is 7. The number of carbonyl (C=O) groups excluding carboxylic acids is 3. The highest BCUT2D eigenvalue weighted by molar-refractivity contribution is 5.83. The molecule has 10 nitrogen and oxygen atoms in total. The molecule has 0 atom stereocenters. The number of nitrogens with zero attached hydrogens (tertiary/aromatic N) is 1. The van der Waals surface area contributed by atoms with Gasteiger partial charge in [-0.2, -0.15) is 0 Å². The molecule has 0 spiro atoms. The SMILES string of the molecule is O=C(O)CCCCCCC(=O)CCCCCNC(=O)CCCCCCC(=O)CNc1cccc([N+](=O)[O-])c1. The molecule has 0 aromatic heterocycles. The van der Waals surface area contributed by atoms with Crippen LogP contribution in [-0.2, 0) is 19.2 Å². The Kier molecular flexibility index (Phi) is 17.8. The van der Waals surface area contributed by atoms with Gasteiger partial charge in [-0.3, -0.25) is 29.3 Å². The molecule has 0 aliphatic rings. The first kappa shape index (κ1) is 32.7. The number of Topliss-reactive ketones (excluding diaryl/α,β-unsaturated/α-hetero) is 2. The van der Waals surface area contributed by atoms with Gasteiger partial charge in [-0.05, 0) is 44.6 Å². The van der Waals surface area contributed by atoms with E-state index in [1.54, 1.807) is 12.1 Å². The van der Waals surface area contributed by atoms with Crippen LogP contribution in [0.2, 0.25) is 0 Å². The summed E-state index contributed by atoms with van der Waals surface area (Å²) < 4.78 is 0. The van der Waals surface area contributed by atoms with Crippen LogP contribution in [0.5, 0.6) is 0 Å². The van der Waals surface area contributed by atoms with Crippen molar-refractivity contribution in [2.24, 2.45) is 0 Å². The lowest BCUT2D eigenvalue weighted by atomic mass is 10.0. The molecule has 0 aliphatic heterocycles. The number of nitrogens with one attached hydrogen (secondary N) is 2. The number of aliphatic carboxylic acids is 1. The summed E-state index contributed by atoms with van der Waals surface area (Å²) >= 11 is 0. The van der Waals surface area contributed by atoms with Crippen molar-refractivity contribution in [2.45, 2.75) is 103 Å². The molecule has 0 fully saturated rings. The fourth-order valence-electron chi connectivity index (χ4n) is 4.00. The van der Waals surface area contributed by atoms with Gasteiger partial charge in [-0.25, -0.2) is 0 Å². The second-order valence-corrected chi connectivity index (χ2v) is 9.62. The van der Waals surface area contributed by atoms with Crippen LogP contribution in [0, 0.1) is 10.1 Å². The van der Waals surface area contributed by atoms with Gasteiger partial charge >= 0.3 is 5.97 Å². The van der Waals surface area contributed by atoms with Gasteiger partial charge < -0.3 is 15.7 Å². The number of ketones is 2. The Bertz CT molecular complexity index is 889. The molecule has 38 heavy (non-hydrogen) atoms. The topological polar surface area (TPSA) is 156 Å². The van der Waals surface area contributed by atoms with Crippen molar-refractivity contribution in [3.63, 3.8) is 0 Å². The molecule has 1 amide bonds. The van der Waals surface area contributed by atoms with Crippen molar-refractivity contribution in [1.82, 2.24) is 5.32 Å².